The Hall–Kier alpha value is -3.82. The number of nitrogens with zero attached hydrogens (tertiary/aromatic N) is 2. The van der Waals surface area contributed by atoms with Gasteiger partial charge in [0, 0.05) is 25.5 Å². The summed E-state index contributed by atoms with van der Waals surface area (Å²) >= 11 is 6.78. The van der Waals surface area contributed by atoms with Gasteiger partial charge in [-0.1, -0.05) is 42.2 Å². The minimum absolute atomic E-state index is 0.169. The van der Waals surface area contributed by atoms with E-state index in [1.54, 1.807) is 23.1 Å². The molecule has 0 bridgehead atoms. The molecule has 39 heavy (non-hydrogen) atoms. The molecular formula is C30H31N3O4S2. The lowest BCUT2D eigenvalue weighted by atomic mass is 10.1. The van der Waals surface area contributed by atoms with E-state index in [4.69, 9.17) is 21.7 Å². The number of benzene rings is 3. The fourth-order valence-electron chi connectivity index (χ4n) is 3.96. The summed E-state index contributed by atoms with van der Waals surface area (Å²) in [6.07, 6.45) is 1.78. The predicted molar refractivity (Wildman–Crippen MR) is 164 cm³/mol. The molecular weight excluding hydrogens is 530 g/mol. The third kappa shape index (κ3) is 6.61. The first-order chi connectivity index (χ1) is 18.7. The quantitative estimate of drug-likeness (QED) is 0.247. The average Bonchev–Trinajstić information content (AvgIpc) is 3.18. The molecule has 1 aliphatic heterocycles. The van der Waals surface area contributed by atoms with Crippen LogP contribution in [0.2, 0.25) is 0 Å². The molecule has 202 valence electrons. The first-order valence-electron chi connectivity index (χ1n) is 12.5. The first kappa shape index (κ1) is 28.2. The molecule has 0 aliphatic carbocycles. The van der Waals surface area contributed by atoms with Crippen molar-refractivity contribution in [3.8, 4) is 11.5 Å². The van der Waals surface area contributed by atoms with Crippen molar-refractivity contribution in [1.82, 2.24) is 0 Å². The van der Waals surface area contributed by atoms with Crippen LogP contribution in [0.4, 0.5) is 17.1 Å². The van der Waals surface area contributed by atoms with Crippen molar-refractivity contribution >= 4 is 63.3 Å². The molecule has 1 aliphatic rings. The lowest BCUT2D eigenvalue weighted by Crippen LogP contribution is -2.27. The third-order valence-electron chi connectivity index (χ3n) is 6.22. The molecule has 1 N–H and O–H groups in total. The number of ether oxygens (including phenoxy) is 2. The third-order valence-corrected chi connectivity index (χ3v) is 7.52. The number of amides is 2. The van der Waals surface area contributed by atoms with E-state index in [1.165, 1.54) is 11.8 Å². The summed E-state index contributed by atoms with van der Waals surface area (Å²) in [7, 11) is 3.93. The van der Waals surface area contributed by atoms with Crippen LogP contribution in [-0.4, -0.2) is 43.4 Å². The van der Waals surface area contributed by atoms with Crippen molar-refractivity contribution in [3.05, 3.63) is 82.3 Å². The molecule has 3 aromatic rings. The highest BCUT2D eigenvalue weighted by Crippen LogP contribution is 2.37. The van der Waals surface area contributed by atoms with Crippen molar-refractivity contribution in [3.63, 3.8) is 0 Å². The zero-order valence-electron chi connectivity index (χ0n) is 22.6. The molecule has 4 rings (SSSR count). The summed E-state index contributed by atoms with van der Waals surface area (Å²) < 4.78 is 12.1. The minimum Gasteiger partial charge on any atom is -0.490 e. The van der Waals surface area contributed by atoms with Crippen molar-refractivity contribution in [2.24, 2.45) is 0 Å². The maximum absolute atomic E-state index is 13.2. The van der Waals surface area contributed by atoms with Gasteiger partial charge < -0.3 is 19.7 Å². The maximum Gasteiger partial charge on any atom is 0.270 e. The second-order valence-electron chi connectivity index (χ2n) is 9.15. The summed E-state index contributed by atoms with van der Waals surface area (Å²) in [5.74, 6) is 0.487. The summed E-state index contributed by atoms with van der Waals surface area (Å²) in [5, 5.41) is 2.89. The topological polar surface area (TPSA) is 71.1 Å². The molecule has 0 radical (unpaired) electrons. The number of rotatable bonds is 9. The highest BCUT2D eigenvalue weighted by molar-refractivity contribution is 8.27. The van der Waals surface area contributed by atoms with E-state index < -0.39 is 0 Å². The zero-order valence-corrected chi connectivity index (χ0v) is 24.2. The van der Waals surface area contributed by atoms with Gasteiger partial charge in [-0.15, -0.1) is 0 Å². The van der Waals surface area contributed by atoms with E-state index in [2.05, 4.69) is 5.32 Å². The largest absolute Gasteiger partial charge is 0.490 e. The molecule has 3 aromatic carbocycles. The average molecular weight is 562 g/mol. The van der Waals surface area contributed by atoms with Gasteiger partial charge in [0.1, 0.15) is 0 Å². The SMILES string of the molecule is CCOc1cc(/C=C2\SC(=S)N(c3ccc(N(C)C)cc3)C2=O)ccc1OCC(=O)Nc1cccc(C)c1C. The Labute approximate surface area is 238 Å². The minimum atomic E-state index is -0.266. The molecule has 7 nitrogen and oxygen atoms in total. The number of thiocarbonyl (C=S) groups is 1. The van der Waals surface area contributed by atoms with E-state index >= 15 is 0 Å². The lowest BCUT2D eigenvalue weighted by molar-refractivity contribution is -0.118. The standard InChI is InChI=1S/C30H31N3O4S2/c1-6-36-26-16-21(10-15-25(26)37-18-28(34)31-24-9-7-8-19(2)20(24)3)17-27-29(35)33(30(38)39-27)23-13-11-22(12-14-23)32(4)5/h7-17H,6,18H2,1-5H3,(H,31,34)/b27-17-. The number of hydrogen-bond acceptors (Lipinski definition) is 7. The van der Waals surface area contributed by atoms with Crippen LogP contribution < -0.4 is 24.6 Å². The van der Waals surface area contributed by atoms with Crippen molar-refractivity contribution in [2.75, 3.05) is 42.4 Å². The molecule has 1 fully saturated rings. The Morgan fingerprint density at radius 1 is 1.05 bits per heavy atom. The summed E-state index contributed by atoms with van der Waals surface area (Å²) in [6, 6.07) is 18.8. The Balaban J connectivity index is 1.47. The number of thioether (sulfide) groups is 1. The van der Waals surface area contributed by atoms with Crippen molar-refractivity contribution in [1.29, 1.82) is 0 Å². The van der Waals surface area contributed by atoms with Gasteiger partial charge in [0.05, 0.1) is 17.2 Å². The molecule has 9 heteroatoms. The Morgan fingerprint density at radius 2 is 1.79 bits per heavy atom. The second-order valence-corrected chi connectivity index (χ2v) is 10.8. The summed E-state index contributed by atoms with van der Waals surface area (Å²) in [6.45, 7) is 6.08. The Kier molecular flexibility index (Phi) is 8.93. The Morgan fingerprint density at radius 3 is 2.49 bits per heavy atom. The molecule has 0 unspecified atom stereocenters. The van der Waals surface area contributed by atoms with Gasteiger partial charge in [-0.3, -0.25) is 14.5 Å². The van der Waals surface area contributed by atoms with Crippen molar-refractivity contribution < 1.29 is 19.1 Å². The smallest absolute Gasteiger partial charge is 0.270 e. The van der Waals surface area contributed by atoms with E-state index in [0.717, 1.165) is 33.8 Å². The van der Waals surface area contributed by atoms with Crippen LogP contribution >= 0.6 is 24.0 Å². The van der Waals surface area contributed by atoms with Gasteiger partial charge in [-0.25, -0.2) is 0 Å². The molecule has 1 heterocycles. The van der Waals surface area contributed by atoms with Crippen LogP contribution in [0.1, 0.15) is 23.6 Å². The van der Waals surface area contributed by atoms with E-state index in [9.17, 15) is 9.59 Å². The second kappa shape index (κ2) is 12.4. The van der Waals surface area contributed by atoms with Gasteiger partial charge in [0.25, 0.3) is 11.8 Å². The fraction of sp³-hybridized carbons (Fsp3) is 0.233. The molecule has 2 amide bonds. The van der Waals surface area contributed by atoms with Crippen LogP contribution in [0, 0.1) is 13.8 Å². The van der Waals surface area contributed by atoms with Crippen LogP contribution in [0.3, 0.4) is 0 Å². The fourth-order valence-corrected chi connectivity index (χ4v) is 5.26. The van der Waals surface area contributed by atoms with Gasteiger partial charge in [0.15, 0.2) is 22.4 Å². The number of anilines is 3. The van der Waals surface area contributed by atoms with E-state index in [0.29, 0.717) is 27.3 Å². The predicted octanol–water partition coefficient (Wildman–Crippen LogP) is 6.19. The monoisotopic (exact) mass is 561 g/mol. The summed E-state index contributed by atoms with van der Waals surface area (Å²) in [4.78, 5) is 29.8. The Bertz CT molecular complexity index is 1430. The van der Waals surface area contributed by atoms with Gasteiger partial charge in [-0.2, -0.15) is 0 Å². The van der Waals surface area contributed by atoms with Crippen LogP contribution in [-0.2, 0) is 9.59 Å². The van der Waals surface area contributed by atoms with Crippen LogP contribution in [0.15, 0.2) is 65.6 Å². The van der Waals surface area contributed by atoms with Gasteiger partial charge >= 0.3 is 0 Å². The maximum atomic E-state index is 13.2. The molecule has 0 spiro atoms. The highest BCUT2D eigenvalue weighted by Gasteiger charge is 2.33. The van der Waals surface area contributed by atoms with Gasteiger partial charge in [0.2, 0.25) is 0 Å². The highest BCUT2D eigenvalue weighted by atomic mass is 32.2. The molecule has 0 saturated carbocycles. The first-order valence-corrected chi connectivity index (χ1v) is 13.7. The molecule has 0 aromatic heterocycles. The number of nitrogens with one attached hydrogen (secondary N) is 1. The number of carbonyl (C=O) groups is 2. The number of hydrogen-bond donors (Lipinski definition) is 1. The number of carbonyl (C=O) groups excluding carboxylic acids is 2. The van der Waals surface area contributed by atoms with E-state index in [-0.39, 0.29) is 18.4 Å². The molecule has 1 saturated heterocycles. The normalized spacial score (nSPS) is 14.1. The van der Waals surface area contributed by atoms with Crippen LogP contribution in [0.25, 0.3) is 6.08 Å². The summed E-state index contributed by atoms with van der Waals surface area (Å²) in [5.41, 5.74) is 5.39. The van der Waals surface area contributed by atoms with E-state index in [1.807, 2.05) is 88.3 Å². The van der Waals surface area contributed by atoms with Crippen molar-refractivity contribution in [2.45, 2.75) is 20.8 Å². The van der Waals surface area contributed by atoms with Crippen LogP contribution in [0.5, 0.6) is 11.5 Å². The molecule has 0 atom stereocenters. The zero-order chi connectivity index (χ0) is 28.1. The van der Waals surface area contributed by atoms with Gasteiger partial charge in [-0.05, 0) is 86.0 Å². The lowest BCUT2D eigenvalue weighted by Gasteiger charge is -2.17. The number of aryl methyl sites for hydroxylation is 1.